The van der Waals surface area contributed by atoms with E-state index in [9.17, 15) is 9.90 Å². The van der Waals surface area contributed by atoms with Crippen LogP contribution in [0.4, 0.5) is 0 Å². The van der Waals surface area contributed by atoms with Crippen molar-refractivity contribution in [1.82, 2.24) is 10.6 Å². The molecule has 0 bridgehead atoms. The molecule has 1 aromatic carbocycles. The van der Waals surface area contributed by atoms with Gasteiger partial charge in [0.1, 0.15) is 0 Å². The average molecular weight is 329 g/mol. The van der Waals surface area contributed by atoms with E-state index in [-0.39, 0.29) is 30.3 Å². The molecule has 1 saturated heterocycles. The standard InChI is InChI=1S/C16H24N2O3.ClH/c1-12(10-21-11-13-5-3-2-4-6-13)8-18-16(20)15-7-14(19)9-17-15;/h2-6,12,14-15,17,19H,7-11H2,1H3,(H,18,20);1H. The number of β-amino-alcohol motifs (C(OH)–C–C–N with tert-alkyl or cyclic N) is 1. The molecular formula is C16H25ClN2O3. The number of hydrogen-bond donors (Lipinski definition) is 3. The van der Waals surface area contributed by atoms with Crippen LogP contribution in [0.2, 0.25) is 0 Å². The van der Waals surface area contributed by atoms with Crippen LogP contribution in [0.1, 0.15) is 18.9 Å². The number of nitrogens with one attached hydrogen (secondary N) is 2. The molecule has 22 heavy (non-hydrogen) atoms. The van der Waals surface area contributed by atoms with Crippen LogP contribution < -0.4 is 10.6 Å². The largest absolute Gasteiger partial charge is 0.392 e. The van der Waals surface area contributed by atoms with E-state index in [1.54, 1.807) is 0 Å². The average Bonchev–Trinajstić information content (AvgIpc) is 2.92. The number of amides is 1. The van der Waals surface area contributed by atoms with Crippen molar-refractivity contribution in [3.05, 3.63) is 35.9 Å². The molecule has 6 heteroatoms. The summed E-state index contributed by atoms with van der Waals surface area (Å²) in [5, 5.41) is 15.3. The maximum atomic E-state index is 11.9. The van der Waals surface area contributed by atoms with Crippen LogP contribution in [0.5, 0.6) is 0 Å². The molecule has 1 aliphatic rings. The maximum absolute atomic E-state index is 11.9. The first-order valence-electron chi connectivity index (χ1n) is 7.46. The van der Waals surface area contributed by atoms with Gasteiger partial charge in [0.15, 0.2) is 0 Å². The summed E-state index contributed by atoms with van der Waals surface area (Å²) in [6.45, 7) is 4.32. The van der Waals surface area contributed by atoms with E-state index in [0.29, 0.717) is 32.7 Å². The third-order valence-electron chi connectivity index (χ3n) is 3.56. The van der Waals surface area contributed by atoms with Gasteiger partial charge in [0.05, 0.1) is 25.4 Å². The topological polar surface area (TPSA) is 70.6 Å². The van der Waals surface area contributed by atoms with Crippen LogP contribution >= 0.6 is 12.4 Å². The molecule has 3 atom stereocenters. The normalized spacial score (nSPS) is 21.9. The smallest absolute Gasteiger partial charge is 0.237 e. The highest BCUT2D eigenvalue weighted by Gasteiger charge is 2.27. The molecule has 1 aromatic rings. The van der Waals surface area contributed by atoms with Crippen LogP contribution in [0.15, 0.2) is 30.3 Å². The molecule has 0 saturated carbocycles. The Kier molecular flexibility index (Phi) is 8.42. The summed E-state index contributed by atoms with van der Waals surface area (Å²) in [6, 6.07) is 9.76. The molecule has 5 nitrogen and oxygen atoms in total. The summed E-state index contributed by atoms with van der Waals surface area (Å²) >= 11 is 0. The van der Waals surface area contributed by atoms with E-state index >= 15 is 0 Å². The lowest BCUT2D eigenvalue weighted by Crippen LogP contribution is -2.42. The van der Waals surface area contributed by atoms with Gasteiger partial charge in [-0.05, 0) is 17.9 Å². The van der Waals surface area contributed by atoms with Crippen molar-refractivity contribution in [1.29, 1.82) is 0 Å². The number of carbonyl (C=O) groups excluding carboxylic acids is 1. The van der Waals surface area contributed by atoms with E-state index in [2.05, 4.69) is 10.6 Å². The minimum Gasteiger partial charge on any atom is -0.392 e. The van der Waals surface area contributed by atoms with Gasteiger partial charge in [0.2, 0.25) is 5.91 Å². The molecule has 124 valence electrons. The lowest BCUT2D eigenvalue weighted by molar-refractivity contribution is -0.123. The molecule has 1 fully saturated rings. The third-order valence-corrected chi connectivity index (χ3v) is 3.56. The second-order valence-electron chi connectivity index (χ2n) is 5.70. The quantitative estimate of drug-likeness (QED) is 0.701. The van der Waals surface area contributed by atoms with Gasteiger partial charge in [-0.1, -0.05) is 37.3 Å². The van der Waals surface area contributed by atoms with Crippen LogP contribution in [0, 0.1) is 5.92 Å². The van der Waals surface area contributed by atoms with Gasteiger partial charge in [0.25, 0.3) is 0 Å². The maximum Gasteiger partial charge on any atom is 0.237 e. The van der Waals surface area contributed by atoms with Crippen molar-refractivity contribution < 1.29 is 14.6 Å². The van der Waals surface area contributed by atoms with E-state index in [1.807, 2.05) is 37.3 Å². The van der Waals surface area contributed by atoms with Gasteiger partial charge in [-0.15, -0.1) is 12.4 Å². The third kappa shape index (κ3) is 6.32. The second kappa shape index (κ2) is 9.79. The van der Waals surface area contributed by atoms with Gasteiger partial charge in [-0.25, -0.2) is 0 Å². The number of carbonyl (C=O) groups is 1. The van der Waals surface area contributed by atoms with Crippen molar-refractivity contribution in [2.75, 3.05) is 19.7 Å². The van der Waals surface area contributed by atoms with E-state index in [4.69, 9.17) is 4.74 Å². The van der Waals surface area contributed by atoms with Crippen LogP contribution in [0.3, 0.4) is 0 Å². The number of aliphatic hydroxyl groups excluding tert-OH is 1. The van der Waals surface area contributed by atoms with Crippen LogP contribution in [-0.4, -0.2) is 42.9 Å². The lowest BCUT2D eigenvalue weighted by Gasteiger charge is -2.15. The van der Waals surface area contributed by atoms with Gasteiger partial charge in [-0.2, -0.15) is 0 Å². The van der Waals surface area contributed by atoms with Gasteiger partial charge >= 0.3 is 0 Å². The van der Waals surface area contributed by atoms with Crippen LogP contribution in [0.25, 0.3) is 0 Å². The Morgan fingerprint density at radius 1 is 1.45 bits per heavy atom. The summed E-state index contributed by atoms with van der Waals surface area (Å²) in [4.78, 5) is 11.9. The Morgan fingerprint density at radius 2 is 2.18 bits per heavy atom. The number of rotatable bonds is 7. The highest BCUT2D eigenvalue weighted by molar-refractivity contribution is 5.85. The molecule has 0 spiro atoms. The second-order valence-corrected chi connectivity index (χ2v) is 5.70. The molecule has 3 N–H and O–H groups in total. The fraction of sp³-hybridized carbons (Fsp3) is 0.562. The first-order valence-corrected chi connectivity index (χ1v) is 7.46. The fourth-order valence-corrected chi connectivity index (χ4v) is 2.33. The molecule has 2 rings (SSSR count). The summed E-state index contributed by atoms with van der Waals surface area (Å²) in [7, 11) is 0. The number of hydrogen-bond acceptors (Lipinski definition) is 4. The number of halogens is 1. The van der Waals surface area contributed by atoms with Gasteiger partial charge < -0.3 is 20.5 Å². The monoisotopic (exact) mass is 328 g/mol. The molecule has 3 unspecified atom stereocenters. The van der Waals surface area contributed by atoms with Crippen molar-refractivity contribution in [2.24, 2.45) is 5.92 Å². The van der Waals surface area contributed by atoms with Crippen LogP contribution in [-0.2, 0) is 16.1 Å². The summed E-state index contributed by atoms with van der Waals surface area (Å²) in [5.74, 6) is 0.213. The number of ether oxygens (including phenoxy) is 1. The predicted octanol–water partition coefficient (Wildman–Crippen LogP) is 1.10. The van der Waals surface area contributed by atoms with E-state index in [1.165, 1.54) is 0 Å². The molecule has 1 amide bonds. The van der Waals surface area contributed by atoms with Crippen molar-refractivity contribution in [3.63, 3.8) is 0 Å². The summed E-state index contributed by atoms with van der Waals surface area (Å²) < 4.78 is 5.65. The lowest BCUT2D eigenvalue weighted by atomic mass is 10.1. The highest BCUT2D eigenvalue weighted by atomic mass is 35.5. The van der Waals surface area contributed by atoms with Gasteiger partial charge in [0, 0.05) is 13.1 Å². The minimum absolute atomic E-state index is 0. The fourth-order valence-electron chi connectivity index (χ4n) is 2.33. The molecule has 1 aliphatic heterocycles. The SMILES string of the molecule is CC(CNC(=O)C1CC(O)CN1)COCc1ccccc1.Cl. The Hall–Kier alpha value is -1.14. The zero-order valence-electron chi connectivity index (χ0n) is 12.8. The molecule has 1 heterocycles. The Labute approximate surface area is 137 Å². The Balaban J connectivity index is 0.00000242. The van der Waals surface area contributed by atoms with Crippen molar-refractivity contribution in [3.8, 4) is 0 Å². The van der Waals surface area contributed by atoms with Gasteiger partial charge in [-0.3, -0.25) is 4.79 Å². The first-order chi connectivity index (χ1) is 10.1. The minimum atomic E-state index is -0.410. The Bertz CT molecular complexity index is 444. The van der Waals surface area contributed by atoms with E-state index < -0.39 is 6.10 Å². The zero-order valence-corrected chi connectivity index (χ0v) is 13.6. The van der Waals surface area contributed by atoms with Crippen molar-refractivity contribution in [2.45, 2.75) is 32.1 Å². The van der Waals surface area contributed by atoms with E-state index in [0.717, 1.165) is 5.56 Å². The molecule has 0 radical (unpaired) electrons. The number of aliphatic hydroxyl groups is 1. The van der Waals surface area contributed by atoms with Crippen molar-refractivity contribution >= 4 is 18.3 Å². The Morgan fingerprint density at radius 3 is 2.82 bits per heavy atom. The summed E-state index contributed by atoms with van der Waals surface area (Å²) in [6.07, 6.45) is 0.0810. The summed E-state index contributed by atoms with van der Waals surface area (Å²) in [5.41, 5.74) is 1.15. The first kappa shape index (κ1) is 18.9. The highest BCUT2D eigenvalue weighted by Crippen LogP contribution is 2.07. The molecular weight excluding hydrogens is 304 g/mol. The molecule has 0 aliphatic carbocycles. The zero-order chi connectivity index (χ0) is 15.1. The molecule has 0 aromatic heterocycles. The number of benzene rings is 1. The predicted molar refractivity (Wildman–Crippen MR) is 87.9 cm³/mol.